The van der Waals surface area contributed by atoms with Gasteiger partial charge in [-0.2, -0.15) is 0 Å². The molecule has 2 nitrogen and oxygen atoms in total. The van der Waals surface area contributed by atoms with Gasteiger partial charge in [0.15, 0.2) is 0 Å². The maximum Gasteiger partial charge on any atom is 0.0891 e. The Morgan fingerprint density at radius 3 is 1.72 bits per heavy atom. The Labute approximate surface area is 110 Å². The first-order valence-electron chi connectivity index (χ1n) is 5.97. The molecule has 0 spiro atoms. The van der Waals surface area contributed by atoms with Crippen molar-refractivity contribution in [2.24, 2.45) is 5.41 Å². The summed E-state index contributed by atoms with van der Waals surface area (Å²) in [4.78, 5) is 0. The molecule has 100 valence electrons. The molecule has 0 saturated carbocycles. The van der Waals surface area contributed by atoms with Crippen molar-refractivity contribution in [3.63, 3.8) is 0 Å². The van der Waals surface area contributed by atoms with E-state index in [-0.39, 0.29) is 16.9 Å². The van der Waals surface area contributed by atoms with Crippen LogP contribution in [-0.2, 0) is 0 Å². The van der Waals surface area contributed by atoms with Crippen molar-refractivity contribution in [3.05, 3.63) is 59.6 Å². The summed E-state index contributed by atoms with van der Waals surface area (Å²) in [5.41, 5.74) is 1.90. The molecule has 0 atom stereocenters. The van der Waals surface area contributed by atoms with Crippen LogP contribution in [0.15, 0.2) is 59.6 Å². The predicted molar refractivity (Wildman–Crippen MR) is 78.6 cm³/mol. The van der Waals surface area contributed by atoms with E-state index in [1.807, 2.05) is 19.1 Å². The quantitative estimate of drug-likeness (QED) is 0.531. The lowest BCUT2D eigenvalue weighted by atomic mass is 9.77. The van der Waals surface area contributed by atoms with Crippen molar-refractivity contribution < 1.29 is 10.2 Å². The average molecular weight is 248 g/mol. The summed E-state index contributed by atoms with van der Waals surface area (Å²) >= 11 is 0. The van der Waals surface area contributed by atoms with Crippen molar-refractivity contribution in [1.29, 1.82) is 0 Å². The van der Waals surface area contributed by atoms with Gasteiger partial charge < -0.3 is 10.2 Å². The van der Waals surface area contributed by atoms with E-state index in [0.717, 1.165) is 11.1 Å². The third-order valence-corrected chi connectivity index (χ3v) is 3.01. The van der Waals surface area contributed by atoms with Crippen molar-refractivity contribution in [2.75, 3.05) is 0 Å². The summed E-state index contributed by atoms with van der Waals surface area (Å²) in [5, 5.41) is 18.4. The molecule has 0 fully saturated rings. The number of aliphatic hydroxyl groups is 2. The van der Waals surface area contributed by atoms with Gasteiger partial charge in [0.2, 0.25) is 0 Å². The second kappa shape index (κ2) is 6.90. The molecule has 0 aliphatic carbocycles. The Hall–Kier alpha value is -1.70. The van der Waals surface area contributed by atoms with E-state index in [9.17, 15) is 10.2 Å². The van der Waals surface area contributed by atoms with Gasteiger partial charge in [0.05, 0.1) is 11.5 Å². The Morgan fingerprint density at radius 2 is 1.33 bits per heavy atom. The van der Waals surface area contributed by atoms with E-state index in [4.69, 9.17) is 0 Å². The normalized spacial score (nSPS) is 15.8. The van der Waals surface area contributed by atoms with E-state index in [1.54, 1.807) is 32.1 Å². The molecule has 0 bridgehead atoms. The van der Waals surface area contributed by atoms with Crippen molar-refractivity contribution in [2.45, 2.75) is 34.6 Å². The Balaban J connectivity index is 5.40. The highest BCUT2D eigenvalue weighted by Gasteiger charge is 2.22. The number of hydrogen-bond donors (Lipinski definition) is 2. The van der Waals surface area contributed by atoms with Crippen LogP contribution in [0.25, 0.3) is 0 Å². The average Bonchev–Trinajstić information content (AvgIpc) is 2.25. The first-order chi connectivity index (χ1) is 8.21. The molecule has 0 aromatic rings. The van der Waals surface area contributed by atoms with Gasteiger partial charge in [0.1, 0.15) is 0 Å². The largest absolute Gasteiger partial charge is 0.513 e. The number of allylic oxidation sites excluding steroid dienone is 9. The zero-order valence-electron chi connectivity index (χ0n) is 12.0. The molecule has 0 amide bonds. The van der Waals surface area contributed by atoms with Gasteiger partial charge in [-0.3, -0.25) is 0 Å². The Morgan fingerprint density at radius 1 is 0.889 bits per heavy atom. The van der Waals surface area contributed by atoms with Gasteiger partial charge in [0.25, 0.3) is 0 Å². The minimum Gasteiger partial charge on any atom is -0.513 e. The lowest BCUT2D eigenvalue weighted by molar-refractivity contribution is 0.414. The fourth-order valence-corrected chi connectivity index (χ4v) is 1.42. The predicted octanol–water partition coefficient (Wildman–Crippen LogP) is 4.99. The van der Waals surface area contributed by atoms with Crippen LogP contribution in [0.4, 0.5) is 0 Å². The molecule has 0 saturated heterocycles. The summed E-state index contributed by atoms with van der Waals surface area (Å²) in [6.45, 7) is 13.2. The summed E-state index contributed by atoms with van der Waals surface area (Å²) < 4.78 is 0. The number of rotatable bonds is 5. The number of hydrogen-bond acceptors (Lipinski definition) is 2. The standard InChI is InChI=1S/C16H24O2/c1-7-15(11-10-14(4)18)16(5,6)12(2)8-9-13(3)17/h7-11,17-18H,1H2,2-6H3/b12-8+,13-9+,14-10+,15-11+. The Bertz CT molecular complexity index is 410. The lowest BCUT2D eigenvalue weighted by Gasteiger charge is -2.27. The first kappa shape index (κ1) is 16.3. The monoisotopic (exact) mass is 248 g/mol. The molecule has 0 aromatic heterocycles. The lowest BCUT2D eigenvalue weighted by Crippen LogP contribution is -2.15. The van der Waals surface area contributed by atoms with Gasteiger partial charge in [-0.15, -0.1) is 0 Å². The highest BCUT2D eigenvalue weighted by Crippen LogP contribution is 2.35. The molecule has 0 aliphatic heterocycles. The fourth-order valence-electron chi connectivity index (χ4n) is 1.42. The Kier molecular flexibility index (Phi) is 6.24. The molecule has 0 unspecified atom stereocenters. The minimum atomic E-state index is -0.209. The summed E-state index contributed by atoms with van der Waals surface area (Å²) in [6.07, 6.45) is 8.85. The van der Waals surface area contributed by atoms with Crippen LogP contribution in [0.3, 0.4) is 0 Å². The zero-order chi connectivity index (χ0) is 14.3. The maximum absolute atomic E-state index is 9.20. The minimum absolute atomic E-state index is 0.209. The van der Waals surface area contributed by atoms with Crippen LogP contribution in [0.2, 0.25) is 0 Å². The van der Waals surface area contributed by atoms with Crippen LogP contribution in [0.1, 0.15) is 34.6 Å². The van der Waals surface area contributed by atoms with Crippen LogP contribution in [0.5, 0.6) is 0 Å². The second-order valence-electron chi connectivity index (χ2n) is 4.92. The maximum atomic E-state index is 9.20. The molecule has 0 heterocycles. The van der Waals surface area contributed by atoms with Gasteiger partial charge in [-0.05, 0) is 38.5 Å². The van der Waals surface area contributed by atoms with Gasteiger partial charge in [0, 0.05) is 5.41 Å². The molecule has 0 rings (SSSR count). The van der Waals surface area contributed by atoms with Crippen LogP contribution in [-0.4, -0.2) is 10.2 Å². The summed E-state index contributed by atoms with van der Waals surface area (Å²) in [6, 6.07) is 0. The molecule has 0 radical (unpaired) electrons. The van der Waals surface area contributed by atoms with Crippen LogP contribution < -0.4 is 0 Å². The van der Waals surface area contributed by atoms with Crippen molar-refractivity contribution in [3.8, 4) is 0 Å². The van der Waals surface area contributed by atoms with Gasteiger partial charge in [-0.25, -0.2) is 0 Å². The van der Waals surface area contributed by atoms with Gasteiger partial charge >= 0.3 is 0 Å². The molecule has 0 aliphatic rings. The topological polar surface area (TPSA) is 40.5 Å². The molecule has 18 heavy (non-hydrogen) atoms. The number of aliphatic hydroxyl groups excluding tert-OH is 2. The molecular formula is C16H24O2. The van der Waals surface area contributed by atoms with E-state index in [2.05, 4.69) is 20.4 Å². The highest BCUT2D eigenvalue weighted by atomic mass is 16.3. The van der Waals surface area contributed by atoms with E-state index in [1.165, 1.54) is 0 Å². The third-order valence-electron chi connectivity index (χ3n) is 3.01. The summed E-state index contributed by atoms with van der Waals surface area (Å²) in [5.74, 6) is 0.540. The molecule has 0 aromatic carbocycles. The molecule has 2 heteroatoms. The van der Waals surface area contributed by atoms with Gasteiger partial charge in [-0.1, -0.05) is 44.2 Å². The van der Waals surface area contributed by atoms with E-state index < -0.39 is 0 Å². The highest BCUT2D eigenvalue weighted by molar-refractivity contribution is 5.37. The van der Waals surface area contributed by atoms with Crippen molar-refractivity contribution >= 4 is 0 Å². The molecular weight excluding hydrogens is 224 g/mol. The van der Waals surface area contributed by atoms with E-state index in [0.29, 0.717) is 0 Å². The first-order valence-corrected chi connectivity index (χ1v) is 5.97. The SMILES string of the molecule is C=C/C(=C\C=C(/C)O)C(C)(C)/C(C)=C/C=C(\C)O. The van der Waals surface area contributed by atoms with Crippen LogP contribution >= 0.6 is 0 Å². The fraction of sp³-hybridized carbons (Fsp3) is 0.375. The van der Waals surface area contributed by atoms with Crippen molar-refractivity contribution in [1.82, 2.24) is 0 Å². The zero-order valence-corrected chi connectivity index (χ0v) is 12.0. The summed E-state index contributed by atoms with van der Waals surface area (Å²) in [7, 11) is 0. The molecule has 2 N–H and O–H groups in total. The van der Waals surface area contributed by atoms with E-state index >= 15 is 0 Å². The smallest absolute Gasteiger partial charge is 0.0891 e. The second-order valence-corrected chi connectivity index (χ2v) is 4.92. The third kappa shape index (κ3) is 5.09. The van der Waals surface area contributed by atoms with Crippen LogP contribution in [0, 0.1) is 5.41 Å².